The van der Waals surface area contributed by atoms with Crippen molar-refractivity contribution in [3.63, 3.8) is 0 Å². The number of carbonyl (C=O) groups is 1. The minimum atomic E-state index is -3.67. The number of ether oxygens (including phenoxy) is 1. The molecule has 8 heteroatoms. The monoisotopic (exact) mass is 422 g/mol. The third kappa shape index (κ3) is 5.21. The van der Waals surface area contributed by atoms with Crippen LogP contribution in [0.25, 0.3) is 6.08 Å². The van der Waals surface area contributed by atoms with Crippen LogP contribution in [-0.2, 0) is 14.8 Å². The van der Waals surface area contributed by atoms with Gasteiger partial charge in [-0.3, -0.25) is 4.79 Å². The SMILES string of the molecule is COc1ccc(/C=C/C(=O)N[C@H](c2cccs2)C(C)C)cc1S(=O)(=O)N(C)C. The molecule has 0 aliphatic heterocycles. The van der Waals surface area contributed by atoms with Crippen molar-refractivity contribution in [2.45, 2.75) is 24.8 Å². The average Bonchev–Trinajstić information content (AvgIpc) is 3.18. The summed E-state index contributed by atoms with van der Waals surface area (Å²) < 4.78 is 31.3. The van der Waals surface area contributed by atoms with Gasteiger partial charge in [-0.05, 0) is 41.1 Å². The van der Waals surface area contributed by atoms with Crippen LogP contribution in [0.15, 0.2) is 46.7 Å². The van der Waals surface area contributed by atoms with Crippen LogP contribution < -0.4 is 10.1 Å². The number of amides is 1. The first kappa shape index (κ1) is 22.1. The molecule has 2 rings (SSSR count). The van der Waals surface area contributed by atoms with Crippen molar-refractivity contribution in [3.05, 3.63) is 52.2 Å². The number of sulfonamides is 1. The van der Waals surface area contributed by atoms with Crippen molar-refractivity contribution in [3.8, 4) is 5.75 Å². The summed E-state index contributed by atoms with van der Waals surface area (Å²) >= 11 is 1.60. The lowest BCUT2D eigenvalue weighted by Gasteiger charge is -2.20. The van der Waals surface area contributed by atoms with Gasteiger partial charge in [0.2, 0.25) is 15.9 Å². The molecule has 1 N–H and O–H groups in total. The van der Waals surface area contributed by atoms with Gasteiger partial charge >= 0.3 is 0 Å². The first-order chi connectivity index (χ1) is 13.2. The third-order valence-electron chi connectivity index (χ3n) is 4.19. The Bertz CT molecular complexity index is 933. The van der Waals surface area contributed by atoms with Crippen LogP contribution in [-0.4, -0.2) is 39.8 Å². The minimum absolute atomic E-state index is 0.0567. The summed E-state index contributed by atoms with van der Waals surface area (Å²) in [5.41, 5.74) is 0.591. The molecule has 1 aromatic carbocycles. The van der Waals surface area contributed by atoms with E-state index in [1.807, 2.05) is 17.5 Å². The summed E-state index contributed by atoms with van der Waals surface area (Å²) in [5.74, 6) is 0.265. The lowest BCUT2D eigenvalue weighted by molar-refractivity contribution is -0.117. The van der Waals surface area contributed by atoms with Crippen molar-refractivity contribution in [1.29, 1.82) is 0 Å². The Hall–Kier alpha value is -2.16. The number of benzene rings is 1. The molecule has 2 aromatic rings. The molecule has 1 aromatic heterocycles. The number of hydrogen-bond acceptors (Lipinski definition) is 5. The summed E-state index contributed by atoms with van der Waals surface area (Å²) in [6.07, 6.45) is 3.01. The largest absolute Gasteiger partial charge is 0.495 e. The van der Waals surface area contributed by atoms with E-state index in [2.05, 4.69) is 19.2 Å². The molecule has 0 bridgehead atoms. The third-order valence-corrected chi connectivity index (χ3v) is 6.98. The van der Waals surface area contributed by atoms with Gasteiger partial charge in [-0.1, -0.05) is 26.0 Å². The maximum absolute atomic E-state index is 12.5. The predicted octanol–water partition coefficient (Wildman–Crippen LogP) is 3.53. The summed E-state index contributed by atoms with van der Waals surface area (Å²) in [6.45, 7) is 4.10. The quantitative estimate of drug-likeness (QED) is 0.661. The molecule has 152 valence electrons. The molecule has 0 aliphatic carbocycles. The van der Waals surface area contributed by atoms with Gasteiger partial charge in [0.1, 0.15) is 10.6 Å². The van der Waals surface area contributed by atoms with E-state index in [4.69, 9.17) is 4.74 Å². The Morgan fingerprint density at radius 2 is 1.96 bits per heavy atom. The fraction of sp³-hybridized carbons (Fsp3) is 0.350. The Labute approximate surface area is 170 Å². The van der Waals surface area contributed by atoms with Crippen molar-refractivity contribution in [2.24, 2.45) is 5.92 Å². The van der Waals surface area contributed by atoms with Crippen LogP contribution in [0.4, 0.5) is 0 Å². The molecule has 0 unspecified atom stereocenters. The van der Waals surface area contributed by atoms with E-state index in [9.17, 15) is 13.2 Å². The van der Waals surface area contributed by atoms with Gasteiger partial charge in [-0.2, -0.15) is 0 Å². The van der Waals surface area contributed by atoms with E-state index in [0.29, 0.717) is 5.56 Å². The van der Waals surface area contributed by atoms with Crippen molar-refractivity contribution in [1.82, 2.24) is 9.62 Å². The number of thiophene rings is 1. The molecular weight excluding hydrogens is 396 g/mol. The molecular formula is C20H26N2O4S2. The molecule has 1 heterocycles. The summed E-state index contributed by atoms with van der Waals surface area (Å²) in [4.78, 5) is 13.5. The zero-order chi connectivity index (χ0) is 20.9. The molecule has 28 heavy (non-hydrogen) atoms. The standard InChI is InChI=1S/C20H26N2O4S2/c1-14(2)20(17-7-6-12-27-17)21-19(23)11-9-15-8-10-16(26-5)18(13-15)28(24,25)22(3)4/h6-14,20H,1-5H3,(H,21,23)/b11-9+/t20-/m0/s1. The highest BCUT2D eigenvalue weighted by atomic mass is 32.2. The molecule has 0 saturated carbocycles. The number of hydrogen-bond donors (Lipinski definition) is 1. The van der Waals surface area contributed by atoms with Crippen LogP contribution in [0.2, 0.25) is 0 Å². The van der Waals surface area contributed by atoms with Crippen molar-refractivity contribution >= 4 is 33.3 Å². The highest BCUT2D eigenvalue weighted by Crippen LogP contribution is 2.28. The maximum atomic E-state index is 12.5. The van der Waals surface area contributed by atoms with Gasteiger partial charge < -0.3 is 10.1 Å². The topological polar surface area (TPSA) is 75.7 Å². The Balaban J connectivity index is 2.23. The number of nitrogens with one attached hydrogen (secondary N) is 1. The molecule has 0 saturated heterocycles. The lowest BCUT2D eigenvalue weighted by atomic mass is 10.0. The zero-order valence-corrected chi connectivity index (χ0v) is 18.3. The molecule has 0 aliphatic rings. The van der Waals surface area contributed by atoms with Crippen molar-refractivity contribution < 1.29 is 17.9 Å². The number of rotatable bonds is 8. The fourth-order valence-corrected chi connectivity index (χ4v) is 4.64. The van der Waals surface area contributed by atoms with E-state index >= 15 is 0 Å². The van der Waals surface area contributed by atoms with Gasteiger partial charge in [0, 0.05) is 25.0 Å². The average molecular weight is 423 g/mol. The van der Waals surface area contributed by atoms with Gasteiger partial charge in [0.25, 0.3) is 0 Å². The summed E-state index contributed by atoms with van der Waals surface area (Å²) in [5, 5.41) is 4.99. The predicted molar refractivity (Wildman–Crippen MR) is 113 cm³/mol. The van der Waals surface area contributed by atoms with E-state index in [1.54, 1.807) is 29.5 Å². The normalized spacial score (nSPS) is 13.2. The second-order valence-corrected chi connectivity index (χ2v) is 9.88. The Morgan fingerprint density at radius 1 is 1.25 bits per heavy atom. The lowest BCUT2D eigenvalue weighted by Crippen LogP contribution is -2.29. The Kier molecular flexibility index (Phi) is 7.40. The first-order valence-electron chi connectivity index (χ1n) is 8.79. The van der Waals surface area contributed by atoms with E-state index in [0.717, 1.165) is 9.18 Å². The summed E-state index contributed by atoms with van der Waals surface area (Å²) in [7, 11) is 0.674. The van der Waals surface area contributed by atoms with E-state index < -0.39 is 10.0 Å². The molecule has 0 spiro atoms. The molecule has 0 fully saturated rings. The van der Waals surface area contributed by atoms with Gasteiger partial charge in [-0.15, -0.1) is 11.3 Å². The fourth-order valence-electron chi connectivity index (χ4n) is 2.60. The zero-order valence-electron chi connectivity index (χ0n) is 16.7. The number of carbonyl (C=O) groups excluding carboxylic acids is 1. The van der Waals surface area contributed by atoms with Gasteiger partial charge in [-0.25, -0.2) is 12.7 Å². The minimum Gasteiger partial charge on any atom is -0.495 e. The van der Waals surface area contributed by atoms with Crippen LogP contribution in [0.3, 0.4) is 0 Å². The summed E-state index contributed by atoms with van der Waals surface area (Å²) in [6, 6.07) is 8.67. The maximum Gasteiger partial charge on any atom is 0.246 e. The second-order valence-electron chi connectivity index (χ2n) is 6.78. The van der Waals surface area contributed by atoms with Crippen LogP contribution in [0.1, 0.15) is 30.3 Å². The molecule has 1 atom stereocenters. The Morgan fingerprint density at radius 3 is 2.50 bits per heavy atom. The van der Waals surface area contributed by atoms with E-state index in [1.165, 1.54) is 33.3 Å². The second kappa shape index (κ2) is 9.36. The first-order valence-corrected chi connectivity index (χ1v) is 11.1. The molecule has 6 nitrogen and oxygen atoms in total. The van der Waals surface area contributed by atoms with Gasteiger partial charge in [0.05, 0.1) is 13.2 Å². The molecule has 1 amide bonds. The smallest absolute Gasteiger partial charge is 0.246 e. The van der Waals surface area contributed by atoms with Gasteiger partial charge in [0.15, 0.2) is 0 Å². The van der Waals surface area contributed by atoms with Crippen LogP contribution >= 0.6 is 11.3 Å². The van der Waals surface area contributed by atoms with Crippen molar-refractivity contribution in [2.75, 3.05) is 21.2 Å². The number of methoxy groups -OCH3 is 1. The highest BCUT2D eigenvalue weighted by molar-refractivity contribution is 7.89. The molecule has 0 radical (unpaired) electrons. The highest BCUT2D eigenvalue weighted by Gasteiger charge is 2.22. The van der Waals surface area contributed by atoms with E-state index in [-0.39, 0.29) is 28.5 Å². The van der Waals surface area contributed by atoms with Crippen LogP contribution in [0, 0.1) is 5.92 Å². The number of nitrogens with zero attached hydrogens (tertiary/aromatic N) is 1. The van der Waals surface area contributed by atoms with Crippen LogP contribution in [0.5, 0.6) is 5.75 Å².